The number of nitro groups is 1. The molecule has 3 rings (SSSR count). The number of benzene rings is 2. The van der Waals surface area contributed by atoms with Crippen molar-refractivity contribution < 1.29 is 13.7 Å². The number of nitrogens with zero attached hydrogens (tertiary/aromatic N) is 2. The van der Waals surface area contributed by atoms with Gasteiger partial charge in [0.05, 0.1) is 28.2 Å². The van der Waals surface area contributed by atoms with Crippen LogP contribution in [0.15, 0.2) is 63.5 Å². The topological polar surface area (TPSA) is 80.1 Å². The van der Waals surface area contributed by atoms with Gasteiger partial charge < -0.3 is 4.42 Å². The average Bonchev–Trinajstić information content (AvgIpc) is 3.09. The zero-order valence-electron chi connectivity index (χ0n) is 13.1. The molecule has 0 aliphatic heterocycles. The van der Waals surface area contributed by atoms with Crippen LogP contribution in [0.1, 0.15) is 11.3 Å². The van der Waals surface area contributed by atoms with Crippen LogP contribution in [0.3, 0.4) is 0 Å². The number of nitro benzene ring substituents is 1. The Labute approximate surface area is 156 Å². The molecule has 0 aliphatic carbocycles. The smallest absolute Gasteiger partial charge is 0.283 e. The van der Waals surface area contributed by atoms with Crippen molar-refractivity contribution in [1.82, 2.24) is 0 Å². The molecule has 0 saturated carbocycles. The van der Waals surface area contributed by atoms with Gasteiger partial charge in [0.25, 0.3) is 5.69 Å². The molecule has 7 heteroatoms. The summed E-state index contributed by atoms with van der Waals surface area (Å²) >= 11 is 3.33. The molecule has 0 spiro atoms. The van der Waals surface area contributed by atoms with Gasteiger partial charge in [-0.15, -0.1) is 0 Å². The number of furan rings is 1. The van der Waals surface area contributed by atoms with Gasteiger partial charge in [0.15, 0.2) is 0 Å². The van der Waals surface area contributed by atoms with E-state index in [1.165, 1.54) is 6.07 Å². The molecule has 2 aromatic carbocycles. The normalized spacial score (nSPS) is 11.2. The van der Waals surface area contributed by atoms with Crippen LogP contribution in [0.2, 0.25) is 0 Å². The number of rotatable bonds is 4. The van der Waals surface area contributed by atoms with Crippen LogP contribution in [0.4, 0.5) is 10.1 Å². The molecule has 0 radical (unpaired) electrons. The van der Waals surface area contributed by atoms with Gasteiger partial charge in [-0.3, -0.25) is 10.1 Å². The van der Waals surface area contributed by atoms with Crippen LogP contribution >= 0.6 is 15.9 Å². The minimum absolute atomic E-state index is 0.165. The summed E-state index contributed by atoms with van der Waals surface area (Å²) in [4.78, 5) is 10.5. The van der Waals surface area contributed by atoms with Crippen LogP contribution in [-0.4, -0.2) is 4.92 Å². The van der Waals surface area contributed by atoms with Crippen molar-refractivity contribution in [3.63, 3.8) is 0 Å². The van der Waals surface area contributed by atoms with Crippen LogP contribution in [0.25, 0.3) is 23.0 Å². The minimum atomic E-state index is -0.700. The largest absolute Gasteiger partial charge is 0.456 e. The van der Waals surface area contributed by atoms with E-state index in [1.54, 1.807) is 30.3 Å². The highest BCUT2D eigenvalue weighted by Crippen LogP contribution is 2.32. The molecule has 26 heavy (non-hydrogen) atoms. The lowest BCUT2D eigenvalue weighted by molar-refractivity contribution is -0.384. The highest BCUT2D eigenvalue weighted by atomic mass is 79.9. The molecule has 1 heterocycles. The van der Waals surface area contributed by atoms with E-state index in [0.29, 0.717) is 16.9 Å². The Morgan fingerprint density at radius 3 is 2.58 bits per heavy atom. The number of hydrogen-bond acceptors (Lipinski definition) is 4. The highest BCUT2D eigenvalue weighted by Gasteiger charge is 2.19. The summed E-state index contributed by atoms with van der Waals surface area (Å²) in [5.74, 6) is -0.122. The van der Waals surface area contributed by atoms with Crippen molar-refractivity contribution in [3.8, 4) is 17.4 Å². The summed E-state index contributed by atoms with van der Waals surface area (Å²) in [6.45, 7) is 0. The fourth-order valence-corrected chi connectivity index (χ4v) is 2.66. The molecule has 5 nitrogen and oxygen atoms in total. The van der Waals surface area contributed by atoms with E-state index in [4.69, 9.17) is 4.42 Å². The molecule has 0 fully saturated rings. The molecule has 0 unspecified atom stereocenters. The molecule has 0 atom stereocenters. The third-order valence-electron chi connectivity index (χ3n) is 3.61. The first-order valence-corrected chi connectivity index (χ1v) is 8.19. The van der Waals surface area contributed by atoms with Gasteiger partial charge >= 0.3 is 0 Å². The Kier molecular flexibility index (Phi) is 4.96. The van der Waals surface area contributed by atoms with Gasteiger partial charge in [0, 0.05) is 4.47 Å². The third kappa shape index (κ3) is 3.71. The Balaban J connectivity index is 1.99. The minimum Gasteiger partial charge on any atom is -0.456 e. The van der Waals surface area contributed by atoms with E-state index in [1.807, 2.05) is 12.1 Å². The van der Waals surface area contributed by atoms with Crippen molar-refractivity contribution in [2.45, 2.75) is 0 Å². The van der Waals surface area contributed by atoms with Gasteiger partial charge in [-0.05, 0) is 48.0 Å². The predicted molar refractivity (Wildman–Crippen MR) is 98.4 cm³/mol. The molecular formula is C19H10BrFN2O3. The summed E-state index contributed by atoms with van der Waals surface area (Å²) < 4.78 is 19.8. The SMILES string of the molecule is N#C/C(=C/c1ccc(-c2ccc(F)cc2[N+](=O)[O-])o1)c1ccc(Br)cc1. The molecule has 0 saturated heterocycles. The molecule has 1 aromatic heterocycles. The molecule has 0 bridgehead atoms. The second kappa shape index (κ2) is 7.33. The van der Waals surface area contributed by atoms with E-state index < -0.39 is 10.7 Å². The van der Waals surface area contributed by atoms with Crippen molar-refractivity contribution in [1.29, 1.82) is 5.26 Å². The standard InChI is InChI=1S/C19H10BrFN2O3/c20-14-3-1-12(2-4-14)13(11-22)9-16-6-8-19(26-16)17-7-5-15(21)10-18(17)23(24)25/h1-10H/b13-9-. The van der Waals surface area contributed by atoms with Crippen LogP contribution in [-0.2, 0) is 0 Å². The zero-order valence-corrected chi connectivity index (χ0v) is 14.7. The maximum atomic E-state index is 13.3. The maximum absolute atomic E-state index is 13.3. The maximum Gasteiger partial charge on any atom is 0.283 e. The molecule has 0 aliphatic rings. The van der Waals surface area contributed by atoms with E-state index in [2.05, 4.69) is 22.0 Å². The number of halogens is 2. The first kappa shape index (κ1) is 17.6. The van der Waals surface area contributed by atoms with Crippen molar-refractivity contribution in [2.75, 3.05) is 0 Å². The number of allylic oxidation sites excluding steroid dienone is 1. The fraction of sp³-hybridized carbons (Fsp3) is 0. The molecule has 0 N–H and O–H groups in total. The van der Waals surface area contributed by atoms with E-state index in [0.717, 1.165) is 16.6 Å². The van der Waals surface area contributed by atoms with Gasteiger partial charge in [-0.25, -0.2) is 4.39 Å². The van der Waals surface area contributed by atoms with Gasteiger partial charge in [0.1, 0.15) is 17.3 Å². The summed E-state index contributed by atoms with van der Waals surface area (Å²) in [6.07, 6.45) is 1.54. The second-order valence-electron chi connectivity index (χ2n) is 5.30. The first-order valence-electron chi connectivity index (χ1n) is 7.40. The Morgan fingerprint density at radius 2 is 1.92 bits per heavy atom. The third-order valence-corrected chi connectivity index (χ3v) is 4.14. The zero-order chi connectivity index (χ0) is 18.7. The second-order valence-corrected chi connectivity index (χ2v) is 6.21. The molecule has 128 valence electrons. The quantitative estimate of drug-likeness (QED) is 0.307. The molecule has 0 amide bonds. The van der Waals surface area contributed by atoms with Gasteiger partial charge in [-0.2, -0.15) is 5.26 Å². The van der Waals surface area contributed by atoms with Crippen molar-refractivity contribution in [2.24, 2.45) is 0 Å². The Hall–Kier alpha value is -3.24. The van der Waals surface area contributed by atoms with E-state index in [9.17, 15) is 19.8 Å². The number of nitriles is 1. The number of hydrogen-bond donors (Lipinski definition) is 0. The fourth-order valence-electron chi connectivity index (χ4n) is 2.39. The summed E-state index contributed by atoms with van der Waals surface area (Å²) in [6, 6.07) is 15.7. The summed E-state index contributed by atoms with van der Waals surface area (Å²) in [5, 5.41) is 20.5. The van der Waals surface area contributed by atoms with Gasteiger partial charge in [-0.1, -0.05) is 28.1 Å². The predicted octanol–water partition coefficient (Wildman–Crippen LogP) is 5.82. The molecular weight excluding hydrogens is 403 g/mol. The Morgan fingerprint density at radius 1 is 1.19 bits per heavy atom. The Bertz CT molecular complexity index is 1050. The van der Waals surface area contributed by atoms with E-state index >= 15 is 0 Å². The van der Waals surface area contributed by atoms with E-state index in [-0.39, 0.29) is 17.0 Å². The monoisotopic (exact) mass is 412 g/mol. The van der Waals surface area contributed by atoms with Crippen LogP contribution in [0, 0.1) is 27.3 Å². The lowest BCUT2D eigenvalue weighted by Gasteiger charge is -2.00. The van der Waals surface area contributed by atoms with Crippen LogP contribution < -0.4 is 0 Å². The van der Waals surface area contributed by atoms with Crippen LogP contribution in [0.5, 0.6) is 0 Å². The lowest BCUT2D eigenvalue weighted by atomic mass is 10.1. The van der Waals surface area contributed by atoms with Gasteiger partial charge in [0.2, 0.25) is 0 Å². The summed E-state index contributed by atoms with van der Waals surface area (Å²) in [7, 11) is 0. The summed E-state index contributed by atoms with van der Waals surface area (Å²) in [5.41, 5.74) is 0.870. The molecule has 3 aromatic rings. The van der Waals surface area contributed by atoms with Crippen molar-refractivity contribution in [3.05, 3.63) is 86.3 Å². The average molecular weight is 413 g/mol. The highest BCUT2D eigenvalue weighted by molar-refractivity contribution is 9.10. The lowest BCUT2D eigenvalue weighted by Crippen LogP contribution is -1.92. The first-order chi connectivity index (χ1) is 12.5. The van der Waals surface area contributed by atoms with Crippen molar-refractivity contribution >= 4 is 33.3 Å².